The lowest BCUT2D eigenvalue weighted by Gasteiger charge is -1.88. The second-order valence-electron chi connectivity index (χ2n) is 2.81. The van der Waals surface area contributed by atoms with E-state index in [1.807, 2.05) is 13.8 Å². The van der Waals surface area contributed by atoms with E-state index < -0.39 is 5.97 Å². The zero-order valence-electron chi connectivity index (χ0n) is 10.8. The van der Waals surface area contributed by atoms with E-state index >= 15 is 0 Å². The Morgan fingerprint density at radius 1 is 1.18 bits per heavy atom. The molecule has 0 aromatic heterocycles. The minimum Gasteiger partial charge on any atom is -0.478 e. The summed E-state index contributed by atoms with van der Waals surface area (Å²) in [5, 5.41) is 8.38. The molecule has 0 unspecified atom stereocenters. The van der Waals surface area contributed by atoms with Gasteiger partial charge in [0.1, 0.15) is 6.61 Å². The second-order valence-corrected chi connectivity index (χ2v) is 2.81. The van der Waals surface area contributed by atoms with Crippen LogP contribution in [0.5, 0.6) is 0 Å². The van der Waals surface area contributed by atoms with E-state index in [-0.39, 0.29) is 12.4 Å². The summed E-state index contributed by atoms with van der Waals surface area (Å²) in [5.41, 5.74) is 0.331. The molecule has 1 aromatic rings. The molecule has 0 atom stereocenters. The molecule has 0 aliphatic heterocycles. The standard InChI is InChI=1S/C7H6O2.C4H8O2.C2H6/c8-7(9)6-4-2-1-3-5-6;1-4(5)3-6-2;1-2/h1-5H,(H,8,9);3H2,1-2H3;1-2H3. The smallest absolute Gasteiger partial charge is 0.335 e. The van der Waals surface area contributed by atoms with Crippen LogP contribution in [0.4, 0.5) is 0 Å². The molecule has 0 amide bonds. The van der Waals surface area contributed by atoms with E-state index in [1.54, 1.807) is 30.3 Å². The Labute approximate surface area is 102 Å². The van der Waals surface area contributed by atoms with Gasteiger partial charge in [0.15, 0.2) is 5.78 Å². The van der Waals surface area contributed by atoms with Crippen LogP contribution in [0.2, 0.25) is 0 Å². The molecule has 1 aromatic carbocycles. The van der Waals surface area contributed by atoms with Crippen molar-refractivity contribution in [1.29, 1.82) is 0 Å². The molecule has 0 aliphatic carbocycles. The van der Waals surface area contributed by atoms with Crippen molar-refractivity contribution in [1.82, 2.24) is 0 Å². The third-order valence-electron chi connectivity index (χ3n) is 1.37. The quantitative estimate of drug-likeness (QED) is 0.882. The molecule has 0 aliphatic rings. The summed E-state index contributed by atoms with van der Waals surface area (Å²) in [5.74, 6) is -0.812. The fourth-order valence-electron chi connectivity index (χ4n) is 0.784. The van der Waals surface area contributed by atoms with Crippen LogP contribution < -0.4 is 0 Å². The summed E-state index contributed by atoms with van der Waals surface area (Å²) >= 11 is 0. The van der Waals surface area contributed by atoms with Crippen molar-refractivity contribution in [3.63, 3.8) is 0 Å². The van der Waals surface area contributed by atoms with Crippen LogP contribution in [0.3, 0.4) is 0 Å². The Kier molecular flexibility index (Phi) is 12.9. The number of carbonyl (C=O) groups excluding carboxylic acids is 1. The van der Waals surface area contributed by atoms with Crippen molar-refractivity contribution >= 4 is 11.8 Å². The summed E-state index contributed by atoms with van der Waals surface area (Å²) < 4.78 is 4.45. The van der Waals surface area contributed by atoms with E-state index in [1.165, 1.54) is 14.0 Å². The van der Waals surface area contributed by atoms with Crippen LogP contribution >= 0.6 is 0 Å². The molecule has 4 nitrogen and oxygen atoms in total. The molecule has 0 fully saturated rings. The Morgan fingerprint density at radius 3 is 1.82 bits per heavy atom. The average Bonchev–Trinajstić information content (AvgIpc) is 2.33. The van der Waals surface area contributed by atoms with Crippen LogP contribution in [-0.2, 0) is 9.53 Å². The van der Waals surface area contributed by atoms with Gasteiger partial charge in [-0.3, -0.25) is 4.79 Å². The fraction of sp³-hybridized carbons (Fsp3) is 0.385. The zero-order chi connectivity index (χ0) is 13.7. The largest absolute Gasteiger partial charge is 0.478 e. The number of ketones is 1. The van der Waals surface area contributed by atoms with Gasteiger partial charge < -0.3 is 9.84 Å². The number of benzene rings is 1. The summed E-state index contributed by atoms with van der Waals surface area (Å²) in [6.45, 7) is 5.73. The lowest BCUT2D eigenvalue weighted by Crippen LogP contribution is -1.98. The van der Waals surface area contributed by atoms with E-state index in [0.717, 1.165) is 0 Å². The van der Waals surface area contributed by atoms with Crippen molar-refractivity contribution in [3.8, 4) is 0 Å². The first-order chi connectivity index (χ1) is 8.07. The highest BCUT2D eigenvalue weighted by Gasteiger charge is 1.96. The van der Waals surface area contributed by atoms with Gasteiger partial charge in [-0.05, 0) is 19.1 Å². The maximum absolute atomic E-state index is 10.2. The summed E-state index contributed by atoms with van der Waals surface area (Å²) in [6, 6.07) is 8.30. The van der Waals surface area contributed by atoms with Crippen molar-refractivity contribution in [3.05, 3.63) is 35.9 Å². The van der Waals surface area contributed by atoms with Crippen LogP contribution in [0, 0.1) is 0 Å². The van der Waals surface area contributed by atoms with Gasteiger partial charge >= 0.3 is 5.97 Å². The SMILES string of the molecule is CC.COCC(C)=O.O=C(O)c1ccccc1. The molecule has 4 heteroatoms. The number of Topliss-reactive ketones (excluding diaryl/α,β-unsaturated/α-hetero) is 1. The number of hydrogen-bond acceptors (Lipinski definition) is 3. The van der Waals surface area contributed by atoms with Gasteiger partial charge in [0.25, 0.3) is 0 Å². The monoisotopic (exact) mass is 240 g/mol. The highest BCUT2D eigenvalue weighted by Crippen LogP contribution is 1.96. The van der Waals surface area contributed by atoms with Crippen LogP contribution in [0.15, 0.2) is 30.3 Å². The highest BCUT2D eigenvalue weighted by molar-refractivity contribution is 5.87. The van der Waals surface area contributed by atoms with Crippen molar-refractivity contribution < 1.29 is 19.4 Å². The number of aromatic carboxylic acids is 1. The van der Waals surface area contributed by atoms with Gasteiger partial charge in [-0.25, -0.2) is 4.79 Å². The van der Waals surface area contributed by atoms with Crippen molar-refractivity contribution in [2.24, 2.45) is 0 Å². The van der Waals surface area contributed by atoms with Gasteiger partial charge in [0.2, 0.25) is 0 Å². The maximum Gasteiger partial charge on any atom is 0.335 e. The third kappa shape index (κ3) is 12.3. The fourth-order valence-corrected chi connectivity index (χ4v) is 0.784. The lowest BCUT2D eigenvalue weighted by atomic mass is 10.2. The van der Waals surface area contributed by atoms with E-state index in [4.69, 9.17) is 5.11 Å². The van der Waals surface area contributed by atoms with Crippen molar-refractivity contribution in [2.75, 3.05) is 13.7 Å². The molecule has 0 saturated carbocycles. The minimum atomic E-state index is -0.879. The van der Waals surface area contributed by atoms with Crippen LogP contribution in [-0.4, -0.2) is 30.6 Å². The number of carboxylic acid groups (broad SMARTS) is 1. The molecule has 96 valence electrons. The number of rotatable bonds is 3. The summed E-state index contributed by atoms with van der Waals surface area (Å²) in [7, 11) is 1.50. The molecule has 0 saturated heterocycles. The minimum absolute atomic E-state index is 0.0671. The molecule has 1 rings (SSSR count). The number of hydrogen-bond donors (Lipinski definition) is 1. The van der Waals surface area contributed by atoms with Gasteiger partial charge in [-0.2, -0.15) is 0 Å². The van der Waals surface area contributed by atoms with Gasteiger partial charge in [0, 0.05) is 7.11 Å². The first kappa shape index (κ1) is 17.7. The van der Waals surface area contributed by atoms with Gasteiger partial charge in [-0.15, -0.1) is 0 Å². The molecule has 1 N–H and O–H groups in total. The Morgan fingerprint density at radius 2 is 1.65 bits per heavy atom. The first-order valence-electron chi connectivity index (χ1n) is 5.34. The van der Waals surface area contributed by atoms with Gasteiger partial charge in [0.05, 0.1) is 5.56 Å². The van der Waals surface area contributed by atoms with Crippen molar-refractivity contribution in [2.45, 2.75) is 20.8 Å². The second kappa shape index (κ2) is 12.4. The zero-order valence-corrected chi connectivity index (χ0v) is 10.8. The summed E-state index contributed by atoms with van der Waals surface area (Å²) in [6.07, 6.45) is 0. The van der Waals surface area contributed by atoms with Crippen LogP contribution in [0.1, 0.15) is 31.1 Å². The van der Waals surface area contributed by atoms with E-state index in [2.05, 4.69) is 4.74 Å². The third-order valence-corrected chi connectivity index (χ3v) is 1.37. The predicted molar refractivity (Wildman–Crippen MR) is 67.3 cm³/mol. The Balaban J connectivity index is 0. The molecule has 0 spiro atoms. The maximum atomic E-state index is 10.2. The number of ether oxygens (including phenoxy) is 1. The average molecular weight is 240 g/mol. The molecule has 17 heavy (non-hydrogen) atoms. The Hall–Kier alpha value is -1.68. The normalized spacial score (nSPS) is 8.00. The summed E-state index contributed by atoms with van der Waals surface area (Å²) in [4.78, 5) is 20.1. The molecule has 0 radical (unpaired) electrons. The lowest BCUT2D eigenvalue weighted by molar-refractivity contribution is -0.120. The molecular weight excluding hydrogens is 220 g/mol. The molecular formula is C13H20O4. The van der Waals surface area contributed by atoms with E-state index in [9.17, 15) is 9.59 Å². The number of carbonyl (C=O) groups is 2. The molecule has 0 bridgehead atoms. The van der Waals surface area contributed by atoms with Crippen LogP contribution in [0.25, 0.3) is 0 Å². The molecule has 0 heterocycles. The van der Waals surface area contributed by atoms with Gasteiger partial charge in [-0.1, -0.05) is 32.0 Å². The number of carboxylic acids is 1. The topological polar surface area (TPSA) is 63.6 Å². The predicted octanol–water partition coefficient (Wildman–Crippen LogP) is 2.63. The van der Waals surface area contributed by atoms with E-state index in [0.29, 0.717) is 5.56 Å². The highest BCUT2D eigenvalue weighted by atomic mass is 16.5. The Bertz CT molecular complexity index is 306. The first-order valence-corrected chi connectivity index (χ1v) is 5.34. The number of methoxy groups -OCH3 is 1.